The number of halogens is 1. The van der Waals surface area contributed by atoms with Crippen LogP contribution in [0.5, 0.6) is 0 Å². The van der Waals surface area contributed by atoms with Crippen LogP contribution in [0.4, 0.5) is 11.4 Å². The van der Waals surface area contributed by atoms with Crippen LogP contribution in [-0.2, 0) is 4.79 Å². The number of nitriles is 1. The molecule has 0 unspecified atom stereocenters. The van der Waals surface area contributed by atoms with E-state index in [1.165, 1.54) is 0 Å². The molecule has 120 valence electrons. The first-order chi connectivity index (χ1) is 11.6. The molecular weight excluding hydrogens is 326 g/mol. The summed E-state index contributed by atoms with van der Waals surface area (Å²) in [5, 5.41) is 12.2. The van der Waals surface area contributed by atoms with Crippen LogP contribution >= 0.6 is 11.6 Å². The van der Waals surface area contributed by atoms with Gasteiger partial charge in [0.15, 0.2) is 0 Å². The second-order valence-electron chi connectivity index (χ2n) is 5.46. The van der Waals surface area contributed by atoms with Gasteiger partial charge in [0.25, 0.3) is 5.91 Å². The number of carbonyl (C=O) groups is 2. The number of carbonyl (C=O) groups excluding carboxylic acids is 2. The number of nitrogens with one attached hydrogen (secondary N) is 1. The van der Waals surface area contributed by atoms with E-state index in [-0.39, 0.29) is 11.8 Å². The van der Waals surface area contributed by atoms with Gasteiger partial charge in [0.05, 0.1) is 22.9 Å². The average Bonchev–Trinajstić information content (AvgIpc) is 3.00. The number of hydrogen-bond donors (Lipinski definition) is 1. The lowest BCUT2D eigenvalue weighted by Gasteiger charge is -2.19. The Morgan fingerprint density at radius 2 is 2.08 bits per heavy atom. The molecule has 2 amide bonds. The minimum atomic E-state index is -0.351. The molecule has 6 heteroatoms. The second-order valence-corrected chi connectivity index (χ2v) is 5.89. The zero-order chi connectivity index (χ0) is 17.1. The molecule has 1 fully saturated rings. The number of rotatable bonds is 3. The van der Waals surface area contributed by atoms with Gasteiger partial charge in [-0.2, -0.15) is 5.26 Å². The van der Waals surface area contributed by atoms with Crippen LogP contribution in [0.1, 0.15) is 28.8 Å². The third kappa shape index (κ3) is 3.24. The number of anilines is 2. The van der Waals surface area contributed by atoms with Crippen LogP contribution in [0.25, 0.3) is 0 Å². The Bertz CT molecular complexity index is 858. The SMILES string of the molecule is N#Cc1cccc(NC(=O)c2ccc(Cl)cc2N2CCCC2=O)c1. The molecule has 0 aromatic heterocycles. The Labute approximate surface area is 144 Å². The van der Waals surface area contributed by atoms with E-state index in [1.807, 2.05) is 6.07 Å². The first kappa shape index (κ1) is 16.0. The number of hydrogen-bond acceptors (Lipinski definition) is 3. The summed E-state index contributed by atoms with van der Waals surface area (Å²) in [6.07, 6.45) is 1.23. The molecular formula is C18H14ClN3O2. The van der Waals surface area contributed by atoms with E-state index in [4.69, 9.17) is 16.9 Å². The summed E-state index contributed by atoms with van der Waals surface area (Å²) < 4.78 is 0. The molecule has 3 rings (SSSR count). The Kier molecular flexibility index (Phi) is 4.50. The van der Waals surface area contributed by atoms with Crippen molar-refractivity contribution in [3.63, 3.8) is 0 Å². The Balaban J connectivity index is 1.92. The maximum atomic E-state index is 12.6. The molecule has 0 atom stereocenters. The van der Waals surface area contributed by atoms with Gasteiger partial charge in [-0.3, -0.25) is 9.59 Å². The van der Waals surface area contributed by atoms with Crippen LogP contribution in [0.15, 0.2) is 42.5 Å². The summed E-state index contributed by atoms with van der Waals surface area (Å²) in [5.74, 6) is -0.366. The summed E-state index contributed by atoms with van der Waals surface area (Å²) in [6, 6.07) is 13.5. The highest BCUT2D eigenvalue weighted by molar-refractivity contribution is 6.31. The molecule has 1 aliphatic rings. The van der Waals surface area contributed by atoms with Crippen molar-refractivity contribution in [3.8, 4) is 6.07 Å². The number of amides is 2. The average molecular weight is 340 g/mol. The second kappa shape index (κ2) is 6.73. The fourth-order valence-corrected chi connectivity index (χ4v) is 2.85. The molecule has 5 nitrogen and oxygen atoms in total. The lowest BCUT2D eigenvalue weighted by molar-refractivity contribution is -0.117. The van der Waals surface area contributed by atoms with Crippen molar-refractivity contribution in [1.82, 2.24) is 0 Å². The molecule has 0 aliphatic carbocycles. The first-order valence-electron chi connectivity index (χ1n) is 7.50. The summed E-state index contributed by atoms with van der Waals surface area (Å²) in [4.78, 5) is 26.2. The highest BCUT2D eigenvalue weighted by Gasteiger charge is 2.26. The Hall–Kier alpha value is -2.84. The standard InChI is InChI=1S/C18H14ClN3O2/c19-13-6-7-15(16(10-13)22-8-2-5-17(22)23)18(24)21-14-4-1-3-12(9-14)11-20/h1,3-4,6-7,9-10H,2,5,8H2,(H,21,24). The molecule has 2 aromatic rings. The normalized spacial score (nSPS) is 13.7. The van der Waals surface area contributed by atoms with Gasteiger partial charge in [-0.15, -0.1) is 0 Å². The third-order valence-electron chi connectivity index (χ3n) is 3.82. The molecule has 1 N–H and O–H groups in total. The van der Waals surface area contributed by atoms with E-state index >= 15 is 0 Å². The van der Waals surface area contributed by atoms with Crippen molar-refractivity contribution in [2.45, 2.75) is 12.8 Å². The molecule has 1 aliphatic heterocycles. The highest BCUT2D eigenvalue weighted by Crippen LogP contribution is 2.29. The maximum absolute atomic E-state index is 12.6. The fraction of sp³-hybridized carbons (Fsp3) is 0.167. The largest absolute Gasteiger partial charge is 0.322 e. The van der Waals surface area contributed by atoms with E-state index in [2.05, 4.69) is 5.32 Å². The van der Waals surface area contributed by atoms with Crippen molar-refractivity contribution in [1.29, 1.82) is 5.26 Å². The van der Waals surface area contributed by atoms with E-state index < -0.39 is 0 Å². The first-order valence-corrected chi connectivity index (χ1v) is 7.88. The number of nitrogens with zero attached hydrogens (tertiary/aromatic N) is 2. The smallest absolute Gasteiger partial charge is 0.257 e. The highest BCUT2D eigenvalue weighted by atomic mass is 35.5. The molecule has 0 radical (unpaired) electrons. The van der Waals surface area contributed by atoms with Gasteiger partial charge in [-0.25, -0.2) is 0 Å². The van der Waals surface area contributed by atoms with Crippen LogP contribution in [0.3, 0.4) is 0 Å². The van der Waals surface area contributed by atoms with Crippen molar-refractivity contribution in [2.24, 2.45) is 0 Å². The van der Waals surface area contributed by atoms with E-state index in [0.717, 1.165) is 6.42 Å². The molecule has 0 saturated carbocycles. The Morgan fingerprint density at radius 1 is 1.25 bits per heavy atom. The van der Waals surface area contributed by atoms with Crippen molar-refractivity contribution in [3.05, 3.63) is 58.6 Å². The van der Waals surface area contributed by atoms with Crippen LogP contribution in [0.2, 0.25) is 5.02 Å². The van der Waals surface area contributed by atoms with E-state index in [1.54, 1.807) is 47.4 Å². The van der Waals surface area contributed by atoms with Gasteiger partial charge in [-0.05, 0) is 42.8 Å². The van der Waals surface area contributed by atoms with Crippen molar-refractivity contribution >= 4 is 34.8 Å². The molecule has 0 spiro atoms. The molecule has 0 bridgehead atoms. The zero-order valence-electron chi connectivity index (χ0n) is 12.8. The quantitative estimate of drug-likeness (QED) is 0.928. The predicted molar refractivity (Wildman–Crippen MR) is 92.1 cm³/mol. The maximum Gasteiger partial charge on any atom is 0.257 e. The lowest BCUT2D eigenvalue weighted by atomic mass is 10.1. The molecule has 1 saturated heterocycles. The summed E-state index contributed by atoms with van der Waals surface area (Å²) in [6.45, 7) is 0.573. The van der Waals surface area contributed by atoms with Gasteiger partial charge < -0.3 is 10.2 Å². The van der Waals surface area contributed by atoms with Crippen LogP contribution in [-0.4, -0.2) is 18.4 Å². The Morgan fingerprint density at radius 3 is 2.79 bits per heavy atom. The summed E-state index contributed by atoms with van der Waals surface area (Å²) >= 11 is 6.04. The monoisotopic (exact) mass is 339 g/mol. The van der Waals surface area contributed by atoms with Gasteiger partial charge in [0.2, 0.25) is 5.91 Å². The lowest BCUT2D eigenvalue weighted by Crippen LogP contribution is -2.27. The molecule has 24 heavy (non-hydrogen) atoms. The molecule has 2 aromatic carbocycles. The van der Waals surface area contributed by atoms with Crippen LogP contribution < -0.4 is 10.2 Å². The predicted octanol–water partition coefficient (Wildman–Crippen LogP) is 3.59. The van der Waals surface area contributed by atoms with Crippen molar-refractivity contribution in [2.75, 3.05) is 16.8 Å². The zero-order valence-corrected chi connectivity index (χ0v) is 13.5. The van der Waals surface area contributed by atoms with E-state index in [9.17, 15) is 9.59 Å². The van der Waals surface area contributed by atoms with Gasteiger partial charge >= 0.3 is 0 Å². The minimum Gasteiger partial charge on any atom is -0.322 e. The van der Waals surface area contributed by atoms with Gasteiger partial charge in [-0.1, -0.05) is 17.7 Å². The van der Waals surface area contributed by atoms with Crippen LogP contribution in [0, 0.1) is 11.3 Å². The third-order valence-corrected chi connectivity index (χ3v) is 4.05. The van der Waals surface area contributed by atoms with Crippen molar-refractivity contribution < 1.29 is 9.59 Å². The summed E-state index contributed by atoms with van der Waals surface area (Å²) in [5.41, 5.74) is 1.86. The number of benzene rings is 2. The fourth-order valence-electron chi connectivity index (χ4n) is 2.69. The minimum absolute atomic E-state index is 0.0159. The molecule has 1 heterocycles. The summed E-state index contributed by atoms with van der Waals surface area (Å²) in [7, 11) is 0. The van der Waals surface area contributed by atoms with Gasteiger partial charge in [0, 0.05) is 23.7 Å². The topological polar surface area (TPSA) is 73.2 Å². The van der Waals surface area contributed by atoms with Gasteiger partial charge in [0.1, 0.15) is 0 Å². The van der Waals surface area contributed by atoms with E-state index in [0.29, 0.717) is 40.5 Å².